The summed E-state index contributed by atoms with van der Waals surface area (Å²) in [6.45, 7) is 1.36. The van der Waals surface area contributed by atoms with Crippen molar-refractivity contribution >= 4 is 40.5 Å². The molecule has 0 aliphatic rings. The van der Waals surface area contributed by atoms with Crippen LogP contribution in [0.2, 0.25) is 0 Å². The zero-order valence-electron chi connectivity index (χ0n) is 12.6. The molecule has 1 unspecified atom stereocenters. The third kappa shape index (κ3) is 6.39. The van der Waals surface area contributed by atoms with Crippen LogP contribution < -0.4 is 16.4 Å². The van der Waals surface area contributed by atoms with Crippen LogP contribution in [0.15, 0.2) is 24.3 Å². The van der Waals surface area contributed by atoms with E-state index >= 15 is 0 Å². The van der Waals surface area contributed by atoms with Gasteiger partial charge in [-0.15, -0.1) is 0 Å². The third-order valence-corrected chi connectivity index (χ3v) is 3.58. The SMILES string of the molecule is COC(=O)C(CSC(C)=O)NC(=O)Nc1ccc(C(N)=O)cc1. The highest BCUT2D eigenvalue weighted by Gasteiger charge is 2.22. The maximum atomic E-state index is 11.9. The van der Waals surface area contributed by atoms with Crippen LogP contribution >= 0.6 is 11.8 Å². The molecule has 0 radical (unpaired) electrons. The monoisotopic (exact) mass is 339 g/mol. The second-order valence-electron chi connectivity index (χ2n) is 4.42. The van der Waals surface area contributed by atoms with Gasteiger partial charge in [-0.1, -0.05) is 11.8 Å². The van der Waals surface area contributed by atoms with Gasteiger partial charge in [0, 0.05) is 23.9 Å². The minimum Gasteiger partial charge on any atom is -0.467 e. The van der Waals surface area contributed by atoms with Gasteiger partial charge in [0.05, 0.1) is 7.11 Å². The summed E-state index contributed by atoms with van der Waals surface area (Å²) in [5.41, 5.74) is 5.84. The lowest BCUT2D eigenvalue weighted by Crippen LogP contribution is -2.45. The van der Waals surface area contributed by atoms with E-state index in [1.165, 1.54) is 38.3 Å². The van der Waals surface area contributed by atoms with Crippen molar-refractivity contribution < 1.29 is 23.9 Å². The fourth-order valence-corrected chi connectivity index (χ4v) is 2.18. The first-order valence-electron chi connectivity index (χ1n) is 6.52. The van der Waals surface area contributed by atoms with Crippen molar-refractivity contribution in [2.24, 2.45) is 5.73 Å². The average molecular weight is 339 g/mol. The Bertz CT molecular complexity index is 603. The van der Waals surface area contributed by atoms with E-state index in [0.29, 0.717) is 11.3 Å². The molecule has 0 heterocycles. The predicted molar refractivity (Wildman–Crippen MR) is 86.1 cm³/mol. The van der Waals surface area contributed by atoms with E-state index < -0.39 is 23.9 Å². The van der Waals surface area contributed by atoms with Gasteiger partial charge in [-0.05, 0) is 24.3 Å². The van der Waals surface area contributed by atoms with E-state index in [1.807, 2.05) is 0 Å². The molecule has 1 aromatic carbocycles. The Balaban J connectivity index is 2.65. The molecule has 4 N–H and O–H groups in total. The number of urea groups is 1. The zero-order valence-corrected chi connectivity index (χ0v) is 13.4. The third-order valence-electron chi connectivity index (χ3n) is 2.67. The van der Waals surface area contributed by atoms with Crippen molar-refractivity contribution in [2.75, 3.05) is 18.2 Å². The molecule has 1 aromatic rings. The highest BCUT2D eigenvalue weighted by atomic mass is 32.2. The first kappa shape index (κ1) is 18.5. The van der Waals surface area contributed by atoms with Crippen LogP contribution in [0.4, 0.5) is 10.5 Å². The molecule has 8 nitrogen and oxygen atoms in total. The minimum atomic E-state index is -0.959. The summed E-state index contributed by atoms with van der Waals surface area (Å²) in [6.07, 6.45) is 0. The summed E-state index contributed by atoms with van der Waals surface area (Å²) >= 11 is 0.903. The summed E-state index contributed by atoms with van der Waals surface area (Å²) in [6, 6.07) is 4.31. The van der Waals surface area contributed by atoms with E-state index in [9.17, 15) is 19.2 Å². The van der Waals surface area contributed by atoms with Gasteiger partial charge in [-0.25, -0.2) is 9.59 Å². The van der Waals surface area contributed by atoms with Crippen LogP contribution in [0.5, 0.6) is 0 Å². The van der Waals surface area contributed by atoms with Crippen LogP contribution in [-0.2, 0) is 14.3 Å². The van der Waals surface area contributed by atoms with E-state index in [0.717, 1.165) is 11.8 Å². The zero-order chi connectivity index (χ0) is 17.4. The number of benzene rings is 1. The molecule has 0 bridgehead atoms. The molecule has 0 aromatic heterocycles. The predicted octanol–water partition coefficient (Wildman–Crippen LogP) is 0.728. The van der Waals surface area contributed by atoms with Gasteiger partial charge in [0.2, 0.25) is 5.91 Å². The lowest BCUT2D eigenvalue weighted by atomic mass is 10.2. The van der Waals surface area contributed by atoms with Crippen molar-refractivity contribution in [2.45, 2.75) is 13.0 Å². The molecular weight excluding hydrogens is 322 g/mol. The second kappa shape index (κ2) is 8.79. The summed E-state index contributed by atoms with van der Waals surface area (Å²) < 4.78 is 4.58. The van der Waals surface area contributed by atoms with Gasteiger partial charge in [-0.3, -0.25) is 9.59 Å². The van der Waals surface area contributed by atoms with Gasteiger partial charge < -0.3 is 21.1 Å². The number of ether oxygens (including phenoxy) is 1. The Hall–Kier alpha value is -2.55. The molecule has 0 spiro atoms. The number of nitrogens with two attached hydrogens (primary N) is 1. The van der Waals surface area contributed by atoms with Gasteiger partial charge in [0.1, 0.15) is 6.04 Å². The number of primary amides is 1. The van der Waals surface area contributed by atoms with Gasteiger partial charge in [-0.2, -0.15) is 0 Å². The van der Waals surface area contributed by atoms with Crippen molar-refractivity contribution in [1.29, 1.82) is 0 Å². The number of hydrogen-bond donors (Lipinski definition) is 3. The maximum absolute atomic E-state index is 11.9. The molecule has 1 rings (SSSR count). The fraction of sp³-hybridized carbons (Fsp3) is 0.286. The van der Waals surface area contributed by atoms with Crippen molar-refractivity contribution in [3.63, 3.8) is 0 Å². The Morgan fingerprint density at radius 1 is 1.22 bits per heavy atom. The Morgan fingerprint density at radius 2 is 1.83 bits per heavy atom. The summed E-state index contributed by atoms with van der Waals surface area (Å²) in [4.78, 5) is 45.4. The fourth-order valence-electron chi connectivity index (χ4n) is 1.55. The molecule has 1 atom stereocenters. The van der Waals surface area contributed by atoms with Crippen LogP contribution in [0.1, 0.15) is 17.3 Å². The van der Waals surface area contributed by atoms with Crippen LogP contribution in [0.25, 0.3) is 0 Å². The first-order valence-corrected chi connectivity index (χ1v) is 7.50. The number of carbonyl (C=O) groups excluding carboxylic acids is 4. The van der Waals surface area contributed by atoms with Gasteiger partial charge in [0.15, 0.2) is 5.12 Å². The van der Waals surface area contributed by atoms with Crippen LogP contribution in [-0.4, -0.2) is 41.9 Å². The van der Waals surface area contributed by atoms with E-state index in [4.69, 9.17) is 5.73 Å². The average Bonchev–Trinajstić information content (AvgIpc) is 2.50. The van der Waals surface area contributed by atoms with E-state index in [1.54, 1.807) is 0 Å². The number of thioether (sulfide) groups is 1. The number of carbonyl (C=O) groups is 4. The summed E-state index contributed by atoms with van der Waals surface area (Å²) in [5, 5.41) is 4.74. The largest absolute Gasteiger partial charge is 0.467 e. The number of amides is 3. The molecule has 23 heavy (non-hydrogen) atoms. The molecule has 0 fully saturated rings. The van der Waals surface area contributed by atoms with Crippen molar-refractivity contribution in [3.05, 3.63) is 29.8 Å². The molecule has 0 aliphatic carbocycles. The number of nitrogens with one attached hydrogen (secondary N) is 2. The highest BCUT2D eigenvalue weighted by molar-refractivity contribution is 8.13. The standard InChI is InChI=1S/C14H17N3O5S/c1-8(18)23-7-11(13(20)22-2)17-14(21)16-10-5-3-9(4-6-10)12(15)19/h3-6,11H,7H2,1-2H3,(H2,15,19)(H2,16,17,21). The highest BCUT2D eigenvalue weighted by Crippen LogP contribution is 2.10. The topological polar surface area (TPSA) is 128 Å². The lowest BCUT2D eigenvalue weighted by Gasteiger charge is -2.16. The quantitative estimate of drug-likeness (QED) is 0.656. The number of methoxy groups -OCH3 is 1. The maximum Gasteiger partial charge on any atom is 0.329 e. The lowest BCUT2D eigenvalue weighted by molar-refractivity contribution is -0.142. The Labute approximate surface area is 137 Å². The molecule has 0 saturated heterocycles. The summed E-state index contributed by atoms with van der Waals surface area (Å²) in [5.74, 6) is -1.17. The summed E-state index contributed by atoms with van der Waals surface area (Å²) in [7, 11) is 1.19. The Kier molecular flexibility index (Phi) is 7.07. The van der Waals surface area contributed by atoms with E-state index in [-0.39, 0.29) is 10.9 Å². The normalized spacial score (nSPS) is 11.2. The Morgan fingerprint density at radius 3 is 2.30 bits per heavy atom. The molecule has 3 amide bonds. The second-order valence-corrected chi connectivity index (χ2v) is 5.62. The smallest absolute Gasteiger partial charge is 0.329 e. The number of rotatable bonds is 6. The van der Waals surface area contributed by atoms with Crippen LogP contribution in [0.3, 0.4) is 0 Å². The van der Waals surface area contributed by atoms with Gasteiger partial charge >= 0.3 is 12.0 Å². The van der Waals surface area contributed by atoms with Crippen molar-refractivity contribution in [1.82, 2.24) is 5.32 Å². The molecule has 0 saturated carbocycles. The minimum absolute atomic E-state index is 0.0655. The van der Waals surface area contributed by atoms with Crippen molar-refractivity contribution in [3.8, 4) is 0 Å². The molecule has 124 valence electrons. The number of anilines is 1. The number of hydrogen-bond acceptors (Lipinski definition) is 6. The van der Waals surface area contributed by atoms with E-state index in [2.05, 4.69) is 15.4 Å². The van der Waals surface area contributed by atoms with Gasteiger partial charge in [0.25, 0.3) is 0 Å². The molecule has 0 aliphatic heterocycles. The van der Waals surface area contributed by atoms with Crippen LogP contribution in [0, 0.1) is 0 Å². The number of esters is 1. The molecule has 9 heteroatoms. The molecular formula is C14H17N3O5S. The first-order chi connectivity index (χ1) is 10.8.